The lowest BCUT2D eigenvalue weighted by atomic mass is 9.85. The number of benzene rings is 9. The van der Waals surface area contributed by atoms with Crippen molar-refractivity contribution in [2.75, 3.05) is 9.80 Å². The van der Waals surface area contributed by atoms with Crippen LogP contribution in [0, 0.1) is 0 Å². The Morgan fingerprint density at radius 3 is 1.02 bits per heavy atom. The molecule has 2 nitrogen and oxygen atoms in total. The third-order valence-corrected chi connectivity index (χ3v) is 12.8. The highest BCUT2D eigenvalue weighted by Crippen LogP contribution is 2.49. The summed E-state index contributed by atoms with van der Waals surface area (Å²) in [5.41, 5.74) is 17.0. The van der Waals surface area contributed by atoms with Crippen molar-refractivity contribution < 1.29 is 0 Å². The molecule has 0 heterocycles. The van der Waals surface area contributed by atoms with Crippen LogP contribution in [0.3, 0.4) is 0 Å². The molecule has 0 saturated carbocycles. The van der Waals surface area contributed by atoms with E-state index in [2.05, 4.69) is 259 Å². The summed E-state index contributed by atoms with van der Waals surface area (Å²) in [5.74, 6) is 0. The van der Waals surface area contributed by atoms with Gasteiger partial charge in [0.15, 0.2) is 0 Å². The van der Waals surface area contributed by atoms with Gasteiger partial charge in [-0.3, -0.25) is 0 Å². The van der Waals surface area contributed by atoms with Crippen LogP contribution in [-0.2, 0) is 23.7 Å². The van der Waals surface area contributed by atoms with Gasteiger partial charge >= 0.3 is 0 Å². The molecular weight excluding hydrogens is 773 g/mol. The third-order valence-electron chi connectivity index (χ3n) is 12.8. The minimum absolute atomic E-state index is 0.00291. The molecular formula is C62H60N2. The number of hydrogen-bond donors (Lipinski definition) is 0. The third kappa shape index (κ3) is 8.33. The second kappa shape index (κ2) is 17.3. The van der Waals surface area contributed by atoms with Gasteiger partial charge in [0.05, 0.1) is 0 Å². The molecule has 0 unspecified atom stereocenters. The molecule has 318 valence electrons. The van der Waals surface area contributed by atoms with E-state index in [0.717, 1.165) is 47.0 Å². The number of nitrogens with zero attached hydrogens (tertiary/aromatic N) is 2. The van der Waals surface area contributed by atoms with E-state index >= 15 is 0 Å². The zero-order chi connectivity index (χ0) is 44.6. The number of hydrogen-bond acceptors (Lipinski definition) is 2. The normalized spacial score (nSPS) is 11.9. The summed E-state index contributed by atoms with van der Waals surface area (Å²) in [7, 11) is 0. The Bertz CT molecular complexity index is 2880. The van der Waals surface area contributed by atoms with E-state index < -0.39 is 0 Å². The summed E-state index contributed by atoms with van der Waals surface area (Å²) in [6.07, 6.45) is 1.94. The number of aryl methyl sites for hydroxylation is 2. The molecule has 64 heavy (non-hydrogen) atoms. The maximum Gasteiger partial charge on any atom is 0.0468 e. The van der Waals surface area contributed by atoms with Crippen LogP contribution < -0.4 is 9.80 Å². The van der Waals surface area contributed by atoms with Crippen LogP contribution in [0.5, 0.6) is 0 Å². The summed E-state index contributed by atoms with van der Waals surface area (Å²) in [5, 5.41) is 4.88. The molecule has 0 spiro atoms. The summed E-state index contributed by atoms with van der Waals surface area (Å²) in [4.78, 5) is 4.90. The second-order valence-corrected chi connectivity index (χ2v) is 19.3. The summed E-state index contributed by atoms with van der Waals surface area (Å²) in [6, 6.07) is 72.6. The molecule has 0 aliphatic carbocycles. The quantitative estimate of drug-likeness (QED) is 0.127. The molecule has 0 N–H and O–H groups in total. The fourth-order valence-electron chi connectivity index (χ4n) is 9.26. The van der Waals surface area contributed by atoms with Crippen LogP contribution >= 0.6 is 0 Å². The fourth-order valence-corrected chi connectivity index (χ4v) is 9.26. The van der Waals surface area contributed by atoms with Gasteiger partial charge in [-0.25, -0.2) is 0 Å². The van der Waals surface area contributed by atoms with Crippen molar-refractivity contribution in [2.24, 2.45) is 0 Å². The van der Waals surface area contributed by atoms with Gasteiger partial charge in [0.2, 0.25) is 0 Å². The van der Waals surface area contributed by atoms with Crippen molar-refractivity contribution in [1.29, 1.82) is 0 Å². The highest BCUT2D eigenvalue weighted by atomic mass is 15.1. The Morgan fingerprint density at radius 2 is 0.656 bits per heavy atom. The van der Waals surface area contributed by atoms with Crippen molar-refractivity contribution in [3.63, 3.8) is 0 Å². The smallest absolute Gasteiger partial charge is 0.0468 e. The molecule has 2 heteroatoms. The van der Waals surface area contributed by atoms with Gasteiger partial charge < -0.3 is 9.80 Å². The minimum Gasteiger partial charge on any atom is -0.310 e. The lowest BCUT2D eigenvalue weighted by Crippen LogP contribution is -2.14. The van der Waals surface area contributed by atoms with Crippen LogP contribution in [0.1, 0.15) is 77.6 Å². The molecule has 0 fully saturated rings. The predicted octanol–water partition coefficient (Wildman–Crippen LogP) is 18.0. The van der Waals surface area contributed by atoms with Gasteiger partial charge in [0, 0.05) is 34.1 Å². The second-order valence-electron chi connectivity index (χ2n) is 19.3. The zero-order valence-electron chi connectivity index (χ0n) is 38.8. The van der Waals surface area contributed by atoms with Gasteiger partial charge in [0.25, 0.3) is 0 Å². The number of rotatable bonds is 10. The average Bonchev–Trinajstić information content (AvgIpc) is 3.31. The fraction of sp³-hybridized carbons (Fsp3) is 0.194. The molecule has 0 bridgehead atoms. The van der Waals surface area contributed by atoms with E-state index in [9.17, 15) is 0 Å². The first-order chi connectivity index (χ1) is 30.9. The van der Waals surface area contributed by atoms with E-state index in [1.54, 1.807) is 0 Å². The van der Waals surface area contributed by atoms with E-state index in [-0.39, 0.29) is 10.8 Å². The van der Waals surface area contributed by atoms with E-state index in [1.165, 1.54) is 66.1 Å². The highest BCUT2D eigenvalue weighted by molar-refractivity contribution is 6.22. The Labute approximate surface area is 381 Å². The Kier molecular flexibility index (Phi) is 11.5. The lowest BCUT2D eigenvalue weighted by Gasteiger charge is -2.30. The van der Waals surface area contributed by atoms with Crippen molar-refractivity contribution in [2.45, 2.75) is 79.1 Å². The Hall–Kier alpha value is -6.90. The van der Waals surface area contributed by atoms with E-state index in [1.807, 2.05) is 0 Å². The molecule has 0 saturated heterocycles. The van der Waals surface area contributed by atoms with Crippen LogP contribution in [-0.4, -0.2) is 0 Å². The summed E-state index contributed by atoms with van der Waals surface area (Å²) >= 11 is 0. The van der Waals surface area contributed by atoms with Crippen LogP contribution in [0.2, 0.25) is 0 Å². The predicted molar refractivity (Wildman–Crippen MR) is 278 cm³/mol. The minimum atomic E-state index is 0.00291. The molecule has 9 aromatic rings. The molecule has 0 aromatic heterocycles. The van der Waals surface area contributed by atoms with Gasteiger partial charge in [-0.05, 0) is 163 Å². The van der Waals surface area contributed by atoms with Crippen molar-refractivity contribution in [1.82, 2.24) is 0 Å². The SMILES string of the molecule is CCc1cccc(N(c2cccc(C(C)(C)C)c2)c2ccc3c(-c4ccccc4)c4cc(N(c5cccc(CC)c5)c5cccc(C(C)(C)C)c5)ccc4c(-c4ccccc4)c3c2)c1. The summed E-state index contributed by atoms with van der Waals surface area (Å²) < 4.78 is 0. The van der Waals surface area contributed by atoms with Crippen molar-refractivity contribution >= 4 is 55.7 Å². The standard InChI is InChI=1S/C62H60N2/c1-9-43-21-17-29-49(37-43)63(51-31-19-27-47(39-51)61(3,4)5)53-33-35-55-57(41-53)59(45-23-13-11-14-24-45)56-36-34-54(42-58(56)60(55)46-25-15-12-16-26-46)64(50-30-18-22-44(10-2)38-50)52-32-20-28-48(40-52)62(6,7)8/h11-42H,9-10H2,1-8H3. The topological polar surface area (TPSA) is 6.48 Å². The Balaban J connectivity index is 1.36. The molecule has 0 aliphatic heterocycles. The van der Waals surface area contributed by atoms with Crippen molar-refractivity contribution in [3.05, 3.63) is 216 Å². The molecule has 9 aromatic carbocycles. The largest absolute Gasteiger partial charge is 0.310 e. The van der Waals surface area contributed by atoms with Crippen molar-refractivity contribution in [3.8, 4) is 22.3 Å². The van der Waals surface area contributed by atoms with Gasteiger partial charge in [-0.2, -0.15) is 0 Å². The average molecular weight is 833 g/mol. The molecule has 0 amide bonds. The molecule has 9 rings (SSSR count). The number of fused-ring (bicyclic) bond motifs is 2. The Morgan fingerprint density at radius 1 is 0.312 bits per heavy atom. The van der Waals surface area contributed by atoms with Gasteiger partial charge in [0.1, 0.15) is 0 Å². The van der Waals surface area contributed by atoms with Gasteiger partial charge in [-0.1, -0.05) is 177 Å². The van der Waals surface area contributed by atoms with Crippen LogP contribution in [0.25, 0.3) is 43.8 Å². The van der Waals surface area contributed by atoms with E-state index in [0.29, 0.717) is 0 Å². The maximum absolute atomic E-state index is 2.45. The maximum atomic E-state index is 2.45. The first-order valence-corrected chi connectivity index (χ1v) is 23.0. The molecule has 0 atom stereocenters. The molecule has 0 aliphatic rings. The highest BCUT2D eigenvalue weighted by Gasteiger charge is 2.24. The zero-order valence-corrected chi connectivity index (χ0v) is 38.8. The first kappa shape index (κ1) is 42.4. The van der Waals surface area contributed by atoms with Crippen LogP contribution in [0.15, 0.2) is 194 Å². The van der Waals surface area contributed by atoms with E-state index in [4.69, 9.17) is 0 Å². The summed E-state index contributed by atoms with van der Waals surface area (Å²) in [6.45, 7) is 18.2. The monoisotopic (exact) mass is 832 g/mol. The number of anilines is 6. The van der Waals surface area contributed by atoms with Gasteiger partial charge in [-0.15, -0.1) is 0 Å². The lowest BCUT2D eigenvalue weighted by molar-refractivity contribution is 0.590. The molecule has 0 radical (unpaired) electrons. The van der Waals surface area contributed by atoms with Crippen LogP contribution in [0.4, 0.5) is 34.1 Å². The first-order valence-electron chi connectivity index (χ1n) is 23.0.